The lowest BCUT2D eigenvalue weighted by Crippen LogP contribution is -2.58. The quantitative estimate of drug-likeness (QED) is 0.340. The van der Waals surface area contributed by atoms with Crippen molar-refractivity contribution in [3.8, 4) is 0 Å². The molecule has 1 N–H and O–H groups in total. The molecule has 4 aliphatic carbocycles. The fourth-order valence-electron chi connectivity index (χ4n) is 6.43. The third kappa shape index (κ3) is 5.17. The predicted molar refractivity (Wildman–Crippen MR) is 121 cm³/mol. The molecule has 0 aliphatic heterocycles. The molecule has 0 radical (unpaired) electrons. The van der Waals surface area contributed by atoms with Gasteiger partial charge in [0.25, 0.3) is 0 Å². The number of likely N-dealkylation sites (N-methyl/N-ethyl adjacent to an activating group) is 1. The van der Waals surface area contributed by atoms with Crippen LogP contribution < -0.4 is 5.32 Å². The number of aromatic nitrogens is 2. The maximum Gasteiger partial charge on any atom is 0.0708 e. The summed E-state index contributed by atoms with van der Waals surface area (Å²) in [4.78, 5) is 0. The van der Waals surface area contributed by atoms with E-state index in [1.807, 2.05) is 13.2 Å². The van der Waals surface area contributed by atoms with E-state index in [4.69, 9.17) is 14.2 Å². The molecule has 5 rings (SSSR count). The van der Waals surface area contributed by atoms with Gasteiger partial charge in [-0.1, -0.05) is 0 Å². The van der Waals surface area contributed by atoms with Gasteiger partial charge in [0.05, 0.1) is 48.4 Å². The molecule has 4 saturated carbocycles. The SMILES string of the molecule is CNCCOCCOCCOC12CC3CC(CC(Cn4ncc(I)c4C)(C3)C1)C2. The van der Waals surface area contributed by atoms with Crippen LogP contribution in [0.4, 0.5) is 0 Å². The molecule has 1 aromatic rings. The van der Waals surface area contributed by atoms with E-state index in [0.29, 0.717) is 31.8 Å². The van der Waals surface area contributed by atoms with Crippen molar-refractivity contribution in [2.75, 3.05) is 46.6 Å². The van der Waals surface area contributed by atoms with Crippen LogP contribution in [0.2, 0.25) is 0 Å². The predicted octanol–water partition coefficient (Wildman–Crippen LogP) is 3.40. The van der Waals surface area contributed by atoms with Crippen molar-refractivity contribution in [3.63, 3.8) is 0 Å². The third-order valence-corrected chi connectivity index (χ3v) is 8.22. The summed E-state index contributed by atoms with van der Waals surface area (Å²) in [7, 11) is 1.93. The maximum absolute atomic E-state index is 6.58. The lowest BCUT2D eigenvalue weighted by atomic mass is 9.48. The summed E-state index contributed by atoms with van der Waals surface area (Å²) < 4.78 is 21.3. The lowest BCUT2D eigenvalue weighted by Gasteiger charge is -2.61. The molecule has 7 heteroatoms. The van der Waals surface area contributed by atoms with Crippen molar-refractivity contribution in [1.82, 2.24) is 15.1 Å². The highest BCUT2D eigenvalue weighted by molar-refractivity contribution is 14.1. The van der Waals surface area contributed by atoms with Gasteiger partial charge in [0.2, 0.25) is 0 Å². The number of nitrogens with zero attached hydrogens (tertiary/aromatic N) is 2. The molecular formula is C22H36IN3O3. The largest absolute Gasteiger partial charge is 0.378 e. The van der Waals surface area contributed by atoms with Crippen LogP contribution in [-0.2, 0) is 20.8 Å². The van der Waals surface area contributed by atoms with E-state index in [1.54, 1.807) is 0 Å². The average molecular weight is 517 g/mol. The molecule has 0 spiro atoms. The zero-order valence-electron chi connectivity index (χ0n) is 17.9. The first kappa shape index (κ1) is 22.0. The number of nitrogens with one attached hydrogen (secondary N) is 1. The van der Waals surface area contributed by atoms with E-state index in [2.05, 4.69) is 44.6 Å². The highest BCUT2D eigenvalue weighted by Crippen LogP contribution is 2.63. The minimum absolute atomic E-state index is 0.0744. The Morgan fingerprint density at radius 2 is 1.79 bits per heavy atom. The van der Waals surface area contributed by atoms with Crippen LogP contribution in [0.3, 0.4) is 0 Å². The van der Waals surface area contributed by atoms with Gasteiger partial charge in [0.15, 0.2) is 0 Å². The Morgan fingerprint density at radius 1 is 1.10 bits per heavy atom. The molecule has 0 amide bonds. The molecule has 29 heavy (non-hydrogen) atoms. The Hall–Kier alpha value is -0.220. The molecule has 2 unspecified atom stereocenters. The third-order valence-electron chi connectivity index (χ3n) is 7.16. The zero-order chi connectivity index (χ0) is 20.3. The summed E-state index contributed by atoms with van der Waals surface area (Å²) in [5.41, 5.74) is 1.75. The van der Waals surface area contributed by atoms with Crippen LogP contribution >= 0.6 is 22.6 Å². The monoisotopic (exact) mass is 517 g/mol. The lowest BCUT2D eigenvalue weighted by molar-refractivity contribution is -0.201. The first-order valence-electron chi connectivity index (χ1n) is 11.2. The Morgan fingerprint density at radius 3 is 2.45 bits per heavy atom. The van der Waals surface area contributed by atoms with E-state index >= 15 is 0 Å². The fourth-order valence-corrected chi connectivity index (χ4v) is 6.84. The summed E-state index contributed by atoms with van der Waals surface area (Å²) in [5.74, 6) is 1.65. The maximum atomic E-state index is 6.58. The van der Waals surface area contributed by atoms with Crippen LogP contribution in [-0.4, -0.2) is 62.0 Å². The number of hydrogen-bond acceptors (Lipinski definition) is 5. The summed E-state index contributed by atoms with van der Waals surface area (Å²) in [6.07, 6.45) is 9.79. The molecule has 0 aromatic carbocycles. The zero-order valence-corrected chi connectivity index (χ0v) is 20.1. The van der Waals surface area contributed by atoms with Gasteiger partial charge in [-0.2, -0.15) is 5.10 Å². The fraction of sp³-hybridized carbons (Fsp3) is 0.864. The second-order valence-corrected chi connectivity index (χ2v) is 10.7. The van der Waals surface area contributed by atoms with Crippen LogP contribution in [0.15, 0.2) is 6.20 Å². The van der Waals surface area contributed by atoms with Gasteiger partial charge in [-0.15, -0.1) is 0 Å². The highest BCUT2D eigenvalue weighted by atomic mass is 127. The summed E-state index contributed by atoms with van der Waals surface area (Å²) in [6.45, 7) is 7.53. The van der Waals surface area contributed by atoms with Gasteiger partial charge in [-0.25, -0.2) is 0 Å². The van der Waals surface area contributed by atoms with E-state index in [-0.39, 0.29) is 5.60 Å². The minimum atomic E-state index is 0.0744. The van der Waals surface area contributed by atoms with E-state index < -0.39 is 0 Å². The van der Waals surface area contributed by atoms with Gasteiger partial charge < -0.3 is 19.5 Å². The first-order chi connectivity index (χ1) is 14.0. The van der Waals surface area contributed by atoms with Gasteiger partial charge in [-0.3, -0.25) is 4.68 Å². The molecule has 1 heterocycles. The van der Waals surface area contributed by atoms with Crippen molar-refractivity contribution in [1.29, 1.82) is 0 Å². The van der Waals surface area contributed by atoms with Gasteiger partial charge in [0.1, 0.15) is 0 Å². The Bertz CT molecular complexity index is 666. The summed E-state index contributed by atoms with van der Waals surface area (Å²) in [5, 5.41) is 7.74. The second kappa shape index (κ2) is 9.51. The van der Waals surface area contributed by atoms with Gasteiger partial charge >= 0.3 is 0 Å². The number of hydrogen-bond donors (Lipinski definition) is 1. The van der Waals surface area contributed by atoms with Crippen LogP contribution in [0.25, 0.3) is 0 Å². The second-order valence-electron chi connectivity index (χ2n) is 9.56. The minimum Gasteiger partial charge on any atom is -0.378 e. The average Bonchev–Trinajstić information content (AvgIpc) is 2.97. The van der Waals surface area contributed by atoms with Crippen LogP contribution in [0, 0.1) is 27.7 Å². The van der Waals surface area contributed by atoms with Crippen molar-refractivity contribution in [2.45, 2.75) is 57.6 Å². The molecule has 4 bridgehead atoms. The van der Waals surface area contributed by atoms with E-state index in [0.717, 1.165) is 31.5 Å². The molecular weight excluding hydrogens is 481 g/mol. The number of ether oxygens (including phenoxy) is 3. The normalized spacial score (nSPS) is 32.9. The van der Waals surface area contributed by atoms with Crippen molar-refractivity contribution in [2.24, 2.45) is 17.3 Å². The summed E-state index contributed by atoms with van der Waals surface area (Å²) >= 11 is 2.39. The number of rotatable bonds is 12. The standard InChI is InChI=1S/C22H36IN3O3/c1-17-20(23)14-25-26(17)16-21-10-18-9-19(11-21)13-22(12-18,15-21)29-8-7-28-6-5-27-4-3-24-2/h14,18-19,24H,3-13,15-16H2,1-2H3. The van der Waals surface area contributed by atoms with Crippen LogP contribution in [0.1, 0.15) is 44.2 Å². The topological polar surface area (TPSA) is 57.5 Å². The molecule has 0 saturated heterocycles. The molecule has 1 aromatic heterocycles. The smallest absolute Gasteiger partial charge is 0.0708 e. The van der Waals surface area contributed by atoms with Gasteiger partial charge in [-0.05, 0) is 92.3 Å². The van der Waals surface area contributed by atoms with E-state index in [9.17, 15) is 0 Å². The van der Waals surface area contributed by atoms with Gasteiger partial charge in [0, 0.05) is 18.8 Å². The number of halogens is 1. The molecule has 6 nitrogen and oxygen atoms in total. The molecule has 2 atom stereocenters. The van der Waals surface area contributed by atoms with Crippen LogP contribution in [0.5, 0.6) is 0 Å². The Kier molecular flexibility index (Phi) is 7.21. The van der Waals surface area contributed by atoms with Crippen molar-refractivity contribution >= 4 is 22.6 Å². The van der Waals surface area contributed by atoms with Crippen molar-refractivity contribution in [3.05, 3.63) is 15.5 Å². The molecule has 164 valence electrons. The molecule has 4 aliphatic rings. The Labute approximate surface area is 188 Å². The Balaban J connectivity index is 1.28. The first-order valence-corrected chi connectivity index (χ1v) is 12.2. The van der Waals surface area contributed by atoms with E-state index in [1.165, 1.54) is 47.8 Å². The highest BCUT2D eigenvalue weighted by Gasteiger charge is 2.58. The van der Waals surface area contributed by atoms with Crippen molar-refractivity contribution < 1.29 is 14.2 Å². The molecule has 4 fully saturated rings. The summed E-state index contributed by atoms with van der Waals surface area (Å²) in [6, 6.07) is 0.